The van der Waals surface area contributed by atoms with Crippen LogP contribution in [-0.2, 0) is 14.3 Å². The number of carbonyl (C=O) groups is 2. The molecule has 3 nitrogen and oxygen atoms in total. The molecule has 0 amide bonds. The molecule has 4 heteroatoms. The first kappa shape index (κ1) is 14.6. The van der Waals surface area contributed by atoms with Crippen molar-refractivity contribution in [3.05, 3.63) is 0 Å². The lowest BCUT2D eigenvalue weighted by Crippen LogP contribution is -2.34. The molecule has 0 aliphatic carbocycles. The van der Waals surface area contributed by atoms with Gasteiger partial charge in [-0.05, 0) is 31.9 Å². The van der Waals surface area contributed by atoms with Gasteiger partial charge in [-0.3, -0.25) is 9.59 Å². The van der Waals surface area contributed by atoms with E-state index in [4.69, 9.17) is 4.74 Å². The van der Waals surface area contributed by atoms with Gasteiger partial charge in [-0.2, -0.15) is 11.8 Å². The predicted octanol–water partition coefficient (Wildman–Crippen LogP) is 2.82. The molecule has 0 aromatic carbocycles. The monoisotopic (exact) mass is 258 g/mol. The standard InChI is InChI=1S/C13H22O3S/c1-3-7-10(13(15)16-4-2)12(14)11-8-5-6-9-17-11/h10-11H,3-9H2,1-2H3. The molecule has 98 valence electrons. The van der Waals surface area contributed by atoms with Crippen molar-refractivity contribution in [2.45, 2.75) is 51.2 Å². The van der Waals surface area contributed by atoms with Crippen LogP contribution < -0.4 is 0 Å². The topological polar surface area (TPSA) is 43.4 Å². The van der Waals surface area contributed by atoms with Crippen LogP contribution >= 0.6 is 11.8 Å². The van der Waals surface area contributed by atoms with Gasteiger partial charge in [-0.25, -0.2) is 0 Å². The minimum absolute atomic E-state index is 0.0182. The zero-order chi connectivity index (χ0) is 12.7. The first-order valence-electron chi connectivity index (χ1n) is 6.52. The van der Waals surface area contributed by atoms with Crippen molar-refractivity contribution in [2.24, 2.45) is 5.92 Å². The largest absolute Gasteiger partial charge is 0.465 e. The van der Waals surface area contributed by atoms with Crippen molar-refractivity contribution < 1.29 is 14.3 Å². The Hall–Kier alpha value is -0.510. The lowest BCUT2D eigenvalue weighted by atomic mass is 9.94. The van der Waals surface area contributed by atoms with E-state index in [9.17, 15) is 9.59 Å². The highest BCUT2D eigenvalue weighted by Crippen LogP contribution is 2.29. The Bertz CT molecular complexity index is 259. The van der Waals surface area contributed by atoms with E-state index in [1.807, 2.05) is 6.92 Å². The average molecular weight is 258 g/mol. The van der Waals surface area contributed by atoms with E-state index in [0.29, 0.717) is 13.0 Å². The van der Waals surface area contributed by atoms with Crippen molar-refractivity contribution >= 4 is 23.5 Å². The maximum atomic E-state index is 12.3. The Labute approximate surface area is 108 Å². The van der Waals surface area contributed by atoms with Crippen LogP contribution in [0, 0.1) is 5.92 Å². The van der Waals surface area contributed by atoms with Gasteiger partial charge in [0.05, 0.1) is 11.9 Å². The number of ether oxygens (including phenoxy) is 1. The van der Waals surface area contributed by atoms with Gasteiger partial charge >= 0.3 is 5.97 Å². The zero-order valence-corrected chi connectivity index (χ0v) is 11.6. The second-order valence-electron chi connectivity index (χ2n) is 4.35. The Balaban J connectivity index is 2.61. The van der Waals surface area contributed by atoms with Gasteiger partial charge in [0.15, 0.2) is 5.78 Å². The van der Waals surface area contributed by atoms with Crippen LogP contribution in [0.4, 0.5) is 0 Å². The molecule has 2 unspecified atom stereocenters. The van der Waals surface area contributed by atoms with Crippen molar-refractivity contribution in [3.63, 3.8) is 0 Å². The summed E-state index contributed by atoms with van der Waals surface area (Å²) in [6, 6.07) is 0. The highest BCUT2D eigenvalue weighted by atomic mass is 32.2. The summed E-state index contributed by atoms with van der Waals surface area (Å²) in [5.74, 6) is 0.272. The minimum Gasteiger partial charge on any atom is -0.465 e. The highest BCUT2D eigenvalue weighted by molar-refractivity contribution is 8.00. The molecule has 0 aromatic rings. The van der Waals surface area contributed by atoms with Gasteiger partial charge < -0.3 is 4.74 Å². The molecule has 0 radical (unpaired) electrons. The second kappa shape index (κ2) is 7.75. The van der Waals surface area contributed by atoms with Crippen LogP contribution in [0.15, 0.2) is 0 Å². The summed E-state index contributed by atoms with van der Waals surface area (Å²) >= 11 is 1.70. The summed E-state index contributed by atoms with van der Waals surface area (Å²) in [5.41, 5.74) is 0. The van der Waals surface area contributed by atoms with Crippen molar-refractivity contribution in [1.29, 1.82) is 0 Å². The molecule has 1 aliphatic heterocycles. The molecular weight excluding hydrogens is 236 g/mol. The molecule has 0 N–H and O–H groups in total. The zero-order valence-electron chi connectivity index (χ0n) is 10.7. The molecule has 0 saturated carbocycles. The van der Waals surface area contributed by atoms with Gasteiger partial charge in [0, 0.05) is 0 Å². The van der Waals surface area contributed by atoms with E-state index in [1.165, 1.54) is 6.42 Å². The van der Waals surface area contributed by atoms with E-state index in [0.717, 1.165) is 25.0 Å². The number of hydrogen-bond acceptors (Lipinski definition) is 4. The van der Waals surface area contributed by atoms with Crippen LogP contribution in [0.3, 0.4) is 0 Å². The number of esters is 1. The SMILES string of the molecule is CCCC(C(=O)OCC)C(=O)C1CCCCS1. The number of ketones is 1. The summed E-state index contributed by atoms with van der Waals surface area (Å²) in [6.45, 7) is 4.12. The van der Waals surface area contributed by atoms with Gasteiger partial charge in [-0.1, -0.05) is 19.8 Å². The average Bonchev–Trinajstić information content (AvgIpc) is 2.36. The lowest BCUT2D eigenvalue weighted by Gasteiger charge is -2.23. The molecule has 1 fully saturated rings. The van der Waals surface area contributed by atoms with Crippen LogP contribution in [0.1, 0.15) is 46.0 Å². The van der Waals surface area contributed by atoms with Crippen molar-refractivity contribution in [3.8, 4) is 0 Å². The molecule has 0 spiro atoms. The van der Waals surface area contributed by atoms with Crippen LogP contribution in [-0.4, -0.2) is 29.4 Å². The summed E-state index contributed by atoms with van der Waals surface area (Å²) in [6.07, 6.45) is 4.67. The normalized spacial score (nSPS) is 21.9. The Morgan fingerprint density at radius 2 is 2.12 bits per heavy atom. The molecular formula is C13H22O3S. The minimum atomic E-state index is -0.532. The maximum Gasteiger partial charge on any atom is 0.316 e. The number of Topliss-reactive ketones (excluding diaryl/α,β-unsaturated/α-hetero) is 1. The van der Waals surface area contributed by atoms with Crippen LogP contribution in [0.5, 0.6) is 0 Å². The highest BCUT2D eigenvalue weighted by Gasteiger charge is 2.33. The van der Waals surface area contributed by atoms with Gasteiger partial charge in [0.25, 0.3) is 0 Å². The molecule has 2 atom stereocenters. The first-order valence-corrected chi connectivity index (χ1v) is 7.57. The third kappa shape index (κ3) is 4.34. The number of carbonyl (C=O) groups excluding carboxylic acids is 2. The first-order chi connectivity index (χ1) is 8.20. The van der Waals surface area contributed by atoms with Crippen LogP contribution in [0.2, 0.25) is 0 Å². The molecule has 1 aliphatic rings. The lowest BCUT2D eigenvalue weighted by molar-refractivity contribution is -0.151. The van der Waals surface area contributed by atoms with E-state index in [-0.39, 0.29) is 17.0 Å². The van der Waals surface area contributed by atoms with Gasteiger partial charge in [0.1, 0.15) is 5.92 Å². The molecule has 1 heterocycles. The van der Waals surface area contributed by atoms with Crippen molar-refractivity contribution in [1.82, 2.24) is 0 Å². The summed E-state index contributed by atoms with van der Waals surface area (Å²) in [4.78, 5) is 24.0. The van der Waals surface area contributed by atoms with Gasteiger partial charge in [-0.15, -0.1) is 0 Å². The fourth-order valence-electron chi connectivity index (χ4n) is 2.10. The number of thioether (sulfide) groups is 1. The number of hydrogen-bond donors (Lipinski definition) is 0. The summed E-state index contributed by atoms with van der Waals surface area (Å²) in [5, 5.41) is 0.0182. The van der Waals surface area contributed by atoms with E-state index >= 15 is 0 Å². The quantitative estimate of drug-likeness (QED) is 0.543. The number of rotatable bonds is 6. The van der Waals surface area contributed by atoms with Gasteiger partial charge in [0.2, 0.25) is 0 Å². The molecule has 0 bridgehead atoms. The van der Waals surface area contributed by atoms with Crippen LogP contribution in [0.25, 0.3) is 0 Å². The smallest absolute Gasteiger partial charge is 0.316 e. The summed E-state index contributed by atoms with van der Waals surface area (Å²) < 4.78 is 5.00. The fraction of sp³-hybridized carbons (Fsp3) is 0.846. The predicted molar refractivity (Wildman–Crippen MR) is 70.1 cm³/mol. The van der Waals surface area contributed by atoms with E-state index in [1.54, 1.807) is 18.7 Å². The molecule has 1 saturated heterocycles. The van der Waals surface area contributed by atoms with E-state index in [2.05, 4.69) is 0 Å². The Morgan fingerprint density at radius 3 is 2.65 bits per heavy atom. The summed E-state index contributed by atoms with van der Waals surface area (Å²) in [7, 11) is 0. The second-order valence-corrected chi connectivity index (χ2v) is 5.66. The Morgan fingerprint density at radius 1 is 1.35 bits per heavy atom. The molecule has 1 rings (SSSR count). The Kier molecular flexibility index (Phi) is 6.63. The molecule has 17 heavy (non-hydrogen) atoms. The third-order valence-corrected chi connectivity index (χ3v) is 4.38. The van der Waals surface area contributed by atoms with Crippen molar-refractivity contribution in [2.75, 3.05) is 12.4 Å². The van der Waals surface area contributed by atoms with E-state index < -0.39 is 5.92 Å². The third-order valence-electron chi connectivity index (χ3n) is 2.99. The fourth-order valence-corrected chi connectivity index (χ4v) is 3.41. The molecule has 0 aromatic heterocycles. The maximum absolute atomic E-state index is 12.3.